The molecule has 1 aromatic heterocycles. The predicted octanol–water partition coefficient (Wildman–Crippen LogP) is -0.225. The van der Waals surface area contributed by atoms with Crippen LogP contribution in [-0.4, -0.2) is 32.5 Å². The number of aryl methyl sites for hydroxylation is 1. The zero-order valence-electron chi connectivity index (χ0n) is 9.45. The maximum Gasteiger partial charge on any atom is 0.305 e. The molecule has 0 amide bonds. The zero-order valence-corrected chi connectivity index (χ0v) is 11.1. The summed E-state index contributed by atoms with van der Waals surface area (Å²) >= 11 is 0.728. The molecule has 1 fully saturated rings. The molecule has 0 unspecified atom stereocenters. The Morgan fingerprint density at radius 1 is 1.47 bits per heavy atom. The van der Waals surface area contributed by atoms with Crippen LogP contribution in [0.2, 0.25) is 0 Å². The molecule has 0 bridgehead atoms. The topological polar surface area (TPSA) is 91.1 Å². The summed E-state index contributed by atoms with van der Waals surface area (Å²) in [6, 6.07) is -0.0923. The summed E-state index contributed by atoms with van der Waals surface area (Å²) < 4.78 is 26.8. The van der Waals surface area contributed by atoms with Crippen molar-refractivity contribution < 1.29 is 8.42 Å². The molecule has 0 spiro atoms. The van der Waals surface area contributed by atoms with Gasteiger partial charge in [0.05, 0.1) is 0 Å². The molecule has 0 aromatic carbocycles. The third-order valence-corrected chi connectivity index (χ3v) is 5.77. The van der Waals surface area contributed by atoms with Crippen molar-refractivity contribution in [3.63, 3.8) is 0 Å². The van der Waals surface area contributed by atoms with Gasteiger partial charge in [-0.25, -0.2) is 13.1 Å². The molecule has 1 aliphatic heterocycles. The van der Waals surface area contributed by atoms with Crippen LogP contribution in [0.15, 0.2) is 9.00 Å². The average Bonchev–Trinajstić information content (AvgIpc) is 2.59. The number of aromatic amines is 1. The first kappa shape index (κ1) is 12.7. The van der Waals surface area contributed by atoms with Crippen LogP contribution in [-0.2, 0) is 10.0 Å². The van der Waals surface area contributed by atoms with Crippen LogP contribution in [0.4, 0.5) is 0 Å². The van der Waals surface area contributed by atoms with E-state index in [1.807, 2.05) is 0 Å². The van der Waals surface area contributed by atoms with E-state index in [0.29, 0.717) is 12.2 Å². The highest BCUT2D eigenvalue weighted by Gasteiger charge is 2.25. The third-order valence-electron chi connectivity index (χ3n) is 2.64. The van der Waals surface area contributed by atoms with Gasteiger partial charge in [-0.05, 0) is 26.3 Å². The second-order valence-corrected chi connectivity index (χ2v) is 6.98. The lowest BCUT2D eigenvalue weighted by molar-refractivity contribution is 0.429. The summed E-state index contributed by atoms with van der Waals surface area (Å²) in [6.07, 6.45) is 1.78. The Labute approximate surface area is 103 Å². The predicted molar refractivity (Wildman–Crippen MR) is 65.9 cm³/mol. The van der Waals surface area contributed by atoms with Crippen molar-refractivity contribution in [3.8, 4) is 0 Å². The van der Waals surface area contributed by atoms with Gasteiger partial charge in [0.15, 0.2) is 4.21 Å². The fraction of sp³-hybridized carbons (Fsp3) is 0.667. The van der Waals surface area contributed by atoms with Crippen molar-refractivity contribution in [2.75, 3.05) is 13.1 Å². The van der Waals surface area contributed by atoms with E-state index in [1.54, 1.807) is 6.92 Å². The van der Waals surface area contributed by atoms with E-state index in [9.17, 15) is 13.2 Å². The average molecular weight is 277 g/mol. The molecule has 1 aliphatic rings. The van der Waals surface area contributed by atoms with Gasteiger partial charge < -0.3 is 10.3 Å². The first-order chi connectivity index (χ1) is 7.99. The van der Waals surface area contributed by atoms with Gasteiger partial charge in [-0.1, -0.05) is 11.3 Å². The van der Waals surface area contributed by atoms with Crippen LogP contribution < -0.4 is 14.9 Å². The van der Waals surface area contributed by atoms with Gasteiger partial charge in [0, 0.05) is 18.3 Å². The Bertz CT molecular complexity index is 540. The van der Waals surface area contributed by atoms with Crippen LogP contribution in [0, 0.1) is 6.92 Å². The first-order valence-electron chi connectivity index (χ1n) is 5.42. The number of thiazole rings is 1. The van der Waals surface area contributed by atoms with E-state index in [-0.39, 0.29) is 15.1 Å². The summed E-state index contributed by atoms with van der Waals surface area (Å²) in [5.41, 5.74) is 0.399. The molecule has 96 valence electrons. The standard InChI is InChI=1S/C9H15N3O3S2/c1-6-8(16-9(13)11-6)17(14,15)12-7-3-2-4-10-5-7/h7,10,12H,2-5H2,1H3,(H,11,13)/t7-/m0/s1. The minimum Gasteiger partial charge on any atom is -0.315 e. The minimum atomic E-state index is -3.57. The molecule has 1 atom stereocenters. The monoisotopic (exact) mass is 277 g/mol. The fourth-order valence-corrected chi connectivity index (χ4v) is 4.46. The number of piperidine rings is 1. The maximum absolute atomic E-state index is 12.0. The zero-order chi connectivity index (χ0) is 12.5. The Morgan fingerprint density at radius 2 is 2.24 bits per heavy atom. The van der Waals surface area contributed by atoms with Crippen LogP contribution >= 0.6 is 11.3 Å². The van der Waals surface area contributed by atoms with Crippen LogP contribution in [0.25, 0.3) is 0 Å². The smallest absolute Gasteiger partial charge is 0.305 e. The van der Waals surface area contributed by atoms with Crippen molar-refractivity contribution in [1.29, 1.82) is 0 Å². The summed E-state index contributed by atoms with van der Waals surface area (Å²) in [4.78, 5) is 13.2. The van der Waals surface area contributed by atoms with Crippen LogP contribution in [0.5, 0.6) is 0 Å². The van der Waals surface area contributed by atoms with E-state index in [1.165, 1.54) is 0 Å². The summed E-state index contributed by atoms with van der Waals surface area (Å²) in [5.74, 6) is 0. The van der Waals surface area contributed by atoms with Gasteiger partial charge in [-0.2, -0.15) is 0 Å². The Kier molecular flexibility index (Phi) is 3.67. The highest BCUT2D eigenvalue weighted by molar-refractivity contribution is 7.91. The quantitative estimate of drug-likeness (QED) is 0.712. The van der Waals surface area contributed by atoms with Crippen molar-refractivity contribution >= 4 is 21.4 Å². The van der Waals surface area contributed by atoms with E-state index in [0.717, 1.165) is 30.7 Å². The molecule has 8 heteroatoms. The number of hydrogen-bond donors (Lipinski definition) is 3. The summed E-state index contributed by atoms with van der Waals surface area (Å²) in [6.45, 7) is 3.15. The molecule has 0 aliphatic carbocycles. The first-order valence-corrected chi connectivity index (χ1v) is 7.72. The third kappa shape index (κ3) is 2.95. The summed E-state index contributed by atoms with van der Waals surface area (Å²) in [7, 11) is -3.57. The number of H-pyrrole nitrogens is 1. The van der Waals surface area contributed by atoms with Crippen LogP contribution in [0.1, 0.15) is 18.5 Å². The van der Waals surface area contributed by atoms with Crippen molar-refractivity contribution in [1.82, 2.24) is 15.0 Å². The molecule has 1 aromatic rings. The largest absolute Gasteiger partial charge is 0.315 e. The number of rotatable bonds is 3. The Morgan fingerprint density at radius 3 is 2.76 bits per heavy atom. The van der Waals surface area contributed by atoms with Crippen molar-refractivity contribution in [3.05, 3.63) is 15.4 Å². The molecule has 1 saturated heterocycles. The number of nitrogens with one attached hydrogen (secondary N) is 3. The van der Waals surface area contributed by atoms with E-state index in [4.69, 9.17) is 0 Å². The molecular formula is C9H15N3O3S2. The lowest BCUT2D eigenvalue weighted by atomic mass is 10.1. The second-order valence-electron chi connectivity index (χ2n) is 4.09. The SMILES string of the molecule is Cc1[nH]c(=O)sc1S(=O)(=O)N[C@H]1CCCNC1. The van der Waals surface area contributed by atoms with Gasteiger partial charge in [0.25, 0.3) is 10.0 Å². The van der Waals surface area contributed by atoms with Gasteiger partial charge in [0.1, 0.15) is 0 Å². The molecule has 6 nitrogen and oxygen atoms in total. The fourth-order valence-electron chi connectivity index (χ4n) is 1.87. The van der Waals surface area contributed by atoms with E-state index in [2.05, 4.69) is 15.0 Å². The molecule has 0 radical (unpaired) electrons. The normalized spacial score (nSPS) is 21.6. The van der Waals surface area contributed by atoms with Crippen molar-refractivity contribution in [2.24, 2.45) is 0 Å². The molecule has 2 rings (SSSR count). The van der Waals surface area contributed by atoms with Gasteiger partial charge in [0.2, 0.25) is 0 Å². The van der Waals surface area contributed by atoms with Gasteiger partial charge in [-0.15, -0.1) is 0 Å². The van der Waals surface area contributed by atoms with Gasteiger partial charge in [-0.3, -0.25) is 4.79 Å². The number of aromatic nitrogens is 1. The van der Waals surface area contributed by atoms with E-state index < -0.39 is 10.0 Å². The lowest BCUT2D eigenvalue weighted by Crippen LogP contribution is -2.45. The summed E-state index contributed by atoms with van der Waals surface area (Å²) in [5, 5.41) is 3.14. The van der Waals surface area contributed by atoms with E-state index >= 15 is 0 Å². The van der Waals surface area contributed by atoms with Gasteiger partial charge >= 0.3 is 4.87 Å². The minimum absolute atomic E-state index is 0.0908. The highest BCUT2D eigenvalue weighted by Crippen LogP contribution is 2.17. The molecule has 17 heavy (non-hydrogen) atoms. The van der Waals surface area contributed by atoms with Crippen LogP contribution in [0.3, 0.4) is 0 Å². The lowest BCUT2D eigenvalue weighted by Gasteiger charge is -2.23. The second kappa shape index (κ2) is 4.89. The number of sulfonamides is 1. The Hall–Kier alpha value is -0.700. The molecule has 2 heterocycles. The van der Waals surface area contributed by atoms with Crippen molar-refractivity contribution in [2.45, 2.75) is 30.0 Å². The maximum atomic E-state index is 12.0. The molecular weight excluding hydrogens is 262 g/mol. The number of hydrogen-bond acceptors (Lipinski definition) is 5. The molecule has 0 saturated carbocycles. The highest BCUT2D eigenvalue weighted by atomic mass is 32.2. The Balaban J connectivity index is 2.18. The molecule has 3 N–H and O–H groups in total.